The number of aromatic nitrogens is 2. The van der Waals surface area contributed by atoms with E-state index in [1.807, 2.05) is 13.8 Å². The number of ether oxygens (including phenoxy) is 1. The molecular weight excluding hydrogens is 244 g/mol. The number of carbonyl (C=O) groups is 1. The van der Waals surface area contributed by atoms with Crippen LogP contribution in [0.2, 0.25) is 0 Å². The molecule has 0 unspecified atom stereocenters. The molecule has 1 aromatic rings. The van der Waals surface area contributed by atoms with Crippen LogP contribution in [0.4, 0.5) is 4.79 Å². The Morgan fingerprint density at radius 3 is 2.95 bits per heavy atom. The predicted molar refractivity (Wildman–Crippen MR) is 70.7 cm³/mol. The number of urea groups is 1. The predicted octanol–water partition coefficient (Wildman–Crippen LogP) is 0.886. The second-order valence-corrected chi connectivity index (χ2v) is 4.90. The second-order valence-electron chi connectivity index (χ2n) is 4.90. The minimum atomic E-state index is -0.181. The van der Waals surface area contributed by atoms with Gasteiger partial charge < -0.3 is 15.4 Å². The minimum Gasteiger partial charge on any atom is -0.373 e. The molecule has 2 N–H and O–H groups in total. The molecule has 2 rings (SSSR count). The first-order valence-corrected chi connectivity index (χ1v) is 6.56. The van der Waals surface area contributed by atoms with E-state index in [0.29, 0.717) is 13.2 Å². The van der Waals surface area contributed by atoms with Gasteiger partial charge in [0.05, 0.1) is 11.6 Å². The fourth-order valence-electron chi connectivity index (χ4n) is 2.03. The van der Waals surface area contributed by atoms with Crippen LogP contribution in [0.5, 0.6) is 0 Å². The summed E-state index contributed by atoms with van der Waals surface area (Å²) < 4.78 is 5.57. The zero-order valence-corrected chi connectivity index (χ0v) is 11.3. The molecule has 1 aliphatic rings. The molecule has 2 amide bonds. The van der Waals surface area contributed by atoms with E-state index in [1.54, 1.807) is 12.4 Å². The third-order valence-electron chi connectivity index (χ3n) is 3.28. The SMILES string of the molecule is CCO[C@@]1(C)C[C@H]1NC(=O)NCCc1cncnc1. The van der Waals surface area contributed by atoms with Crippen molar-refractivity contribution in [3.63, 3.8) is 0 Å². The summed E-state index contributed by atoms with van der Waals surface area (Å²) in [7, 11) is 0. The van der Waals surface area contributed by atoms with E-state index < -0.39 is 0 Å². The van der Waals surface area contributed by atoms with Gasteiger partial charge in [0.25, 0.3) is 0 Å². The molecule has 1 aliphatic carbocycles. The Bertz CT molecular complexity index is 426. The van der Waals surface area contributed by atoms with Gasteiger partial charge >= 0.3 is 6.03 Å². The molecule has 0 aliphatic heterocycles. The van der Waals surface area contributed by atoms with Crippen molar-refractivity contribution < 1.29 is 9.53 Å². The first-order chi connectivity index (χ1) is 9.14. The fraction of sp³-hybridized carbons (Fsp3) is 0.615. The third kappa shape index (κ3) is 3.89. The van der Waals surface area contributed by atoms with Crippen LogP contribution in [-0.4, -0.2) is 40.8 Å². The first-order valence-electron chi connectivity index (χ1n) is 6.56. The highest BCUT2D eigenvalue weighted by Crippen LogP contribution is 2.39. The third-order valence-corrected chi connectivity index (χ3v) is 3.28. The Morgan fingerprint density at radius 1 is 1.53 bits per heavy atom. The van der Waals surface area contributed by atoms with Gasteiger partial charge in [0, 0.05) is 32.0 Å². The summed E-state index contributed by atoms with van der Waals surface area (Å²) in [6.45, 7) is 5.22. The largest absolute Gasteiger partial charge is 0.373 e. The zero-order chi connectivity index (χ0) is 13.7. The standard InChI is InChI=1S/C13H20N4O2/c1-3-19-13(2)6-11(13)17-12(18)16-5-4-10-7-14-9-15-8-10/h7-9,11H,3-6H2,1-2H3,(H2,16,17,18)/t11-,13+/m1/s1. The molecular formula is C13H20N4O2. The van der Waals surface area contributed by atoms with Gasteiger partial charge in [-0.2, -0.15) is 0 Å². The lowest BCUT2D eigenvalue weighted by Gasteiger charge is -2.12. The summed E-state index contributed by atoms with van der Waals surface area (Å²) in [5.74, 6) is 0. The zero-order valence-electron chi connectivity index (χ0n) is 11.3. The van der Waals surface area contributed by atoms with Crippen molar-refractivity contribution in [2.24, 2.45) is 0 Å². The Morgan fingerprint density at radius 2 is 2.26 bits per heavy atom. The van der Waals surface area contributed by atoms with Crippen molar-refractivity contribution in [3.05, 3.63) is 24.3 Å². The van der Waals surface area contributed by atoms with Gasteiger partial charge in [0.2, 0.25) is 0 Å². The number of rotatable bonds is 6. The summed E-state index contributed by atoms with van der Waals surface area (Å²) >= 11 is 0. The fourth-order valence-corrected chi connectivity index (χ4v) is 2.03. The van der Waals surface area contributed by atoms with Crippen LogP contribution in [0.25, 0.3) is 0 Å². The Balaban J connectivity index is 1.64. The lowest BCUT2D eigenvalue weighted by atomic mass is 10.2. The normalized spacial score (nSPS) is 24.8. The number of hydrogen-bond donors (Lipinski definition) is 2. The van der Waals surface area contributed by atoms with Gasteiger partial charge in [-0.15, -0.1) is 0 Å². The van der Waals surface area contributed by atoms with Gasteiger partial charge in [-0.3, -0.25) is 0 Å². The Labute approximate surface area is 113 Å². The van der Waals surface area contributed by atoms with Crippen LogP contribution < -0.4 is 10.6 Å². The molecule has 1 heterocycles. The molecule has 0 aromatic carbocycles. The van der Waals surface area contributed by atoms with Crippen LogP contribution in [0, 0.1) is 0 Å². The van der Waals surface area contributed by atoms with Gasteiger partial charge in [0.15, 0.2) is 0 Å². The summed E-state index contributed by atoms with van der Waals surface area (Å²) in [4.78, 5) is 19.5. The molecule has 0 saturated heterocycles. The smallest absolute Gasteiger partial charge is 0.315 e. The van der Waals surface area contributed by atoms with Gasteiger partial charge in [0.1, 0.15) is 6.33 Å². The molecule has 0 bridgehead atoms. The van der Waals surface area contributed by atoms with Crippen molar-refractivity contribution in [1.29, 1.82) is 0 Å². The second kappa shape index (κ2) is 5.97. The average Bonchev–Trinajstić information content (AvgIpc) is 3.01. The molecule has 1 aromatic heterocycles. The van der Waals surface area contributed by atoms with Crippen LogP contribution >= 0.6 is 0 Å². The molecule has 2 atom stereocenters. The van der Waals surface area contributed by atoms with E-state index in [0.717, 1.165) is 18.4 Å². The monoisotopic (exact) mass is 264 g/mol. The van der Waals surface area contributed by atoms with E-state index in [9.17, 15) is 4.79 Å². The van der Waals surface area contributed by atoms with Crippen molar-refractivity contribution in [3.8, 4) is 0 Å². The van der Waals surface area contributed by atoms with Crippen LogP contribution in [0.15, 0.2) is 18.7 Å². The summed E-state index contributed by atoms with van der Waals surface area (Å²) in [5, 5.41) is 5.73. The maximum Gasteiger partial charge on any atom is 0.315 e. The van der Waals surface area contributed by atoms with Crippen LogP contribution in [0.1, 0.15) is 25.8 Å². The minimum absolute atomic E-state index is 0.118. The topological polar surface area (TPSA) is 76.1 Å². The van der Waals surface area contributed by atoms with E-state index >= 15 is 0 Å². The molecule has 104 valence electrons. The number of carbonyl (C=O) groups excluding carboxylic acids is 1. The van der Waals surface area contributed by atoms with Crippen LogP contribution in [-0.2, 0) is 11.2 Å². The first kappa shape index (κ1) is 13.7. The van der Waals surface area contributed by atoms with E-state index in [2.05, 4.69) is 20.6 Å². The van der Waals surface area contributed by atoms with E-state index in [1.165, 1.54) is 6.33 Å². The molecule has 6 heteroatoms. The number of nitrogens with one attached hydrogen (secondary N) is 2. The summed E-state index contributed by atoms with van der Waals surface area (Å²) in [5.41, 5.74) is 0.827. The number of amides is 2. The maximum atomic E-state index is 11.7. The highest BCUT2D eigenvalue weighted by atomic mass is 16.5. The highest BCUT2D eigenvalue weighted by Gasteiger charge is 2.52. The van der Waals surface area contributed by atoms with Crippen molar-refractivity contribution in [1.82, 2.24) is 20.6 Å². The number of hydrogen-bond acceptors (Lipinski definition) is 4. The lowest BCUT2D eigenvalue weighted by molar-refractivity contribution is 0.0492. The molecule has 1 saturated carbocycles. The molecule has 0 spiro atoms. The van der Waals surface area contributed by atoms with Gasteiger partial charge in [-0.25, -0.2) is 14.8 Å². The summed E-state index contributed by atoms with van der Waals surface area (Å²) in [6, 6.07) is -0.0298. The van der Waals surface area contributed by atoms with Crippen molar-refractivity contribution >= 4 is 6.03 Å². The van der Waals surface area contributed by atoms with E-state index in [-0.39, 0.29) is 17.7 Å². The van der Waals surface area contributed by atoms with Gasteiger partial charge in [-0.05, 0) is 25.8 Å². The quantitative estimate of drug-likeness (QED) is 0.800. The van der Waals surface area contributed by atoms with Crippen molar-refractivity contribution in [2.45, 2.75) is 38.3 Å². The maximum absolute atomic E-state index is 11.7. The van der Waals surface area contributed by atoms with Gasteiger partial charge in [-0.1, -0.05) is 0 Å². The lowest BCUT2D eigenvalue weighted by Crippen LogP contribution is -2.40. The Hall–Kier alpha value is -1.69. The average molecular weight is 264 g/mol. The Kier molecular flexibility index (Phi) is 4.31. The highest BCUT2D eigenvalue weighted by molar-refractivity contribution is 5.74. The van der Waals surface area contributed by atoms with E-state index in [4.69, 9.17) is 4.74 Å². The molecule has 19 heavy (non-hydrogen) atoms. The summed E-state index contributed by atoms with van der Waals surface area (Å²) in [6.07, 6.45) is 6.59. The van der Waals surface area contributed by atoms with Crippen molar-refractivity contribution in [2.75, 3.05) is 13.2 Å². The molecule has 6 nitrogen and oxygen atoms in total. The molecule has 1 fully saturated rings. The molecule has 0 radical (unpaired) electrons. The number of nitrogens with zero attached hydrogens (tertiary/aromatic N) is 2. The van der Waals surface area contributed by atoms with Crippen LogP contribution in [0.3, 0.4) is 0 Å².